The summed E-state index contributed by atoms with van der Waals surface area (Å²) in [6.07, 6.45) is 0.752. The van der Waals surface area contributed by atoms with E-state index in [1.54, 1.807) is 0 Å². The van der Waals surface area contributed by atoms with E-state index >= 15 is 0 Å². The van der Waals surface area contributed by atoms with Crippen LogP contribution in [0.2, 0.25) is 0 Å². The van der Waals surface area contributed by atoms with E-state index in [-0.39, 0.29) is 51.2 Å². The van der Waals surface area contributed by atoms with E-state index in [4.69, 9.17) is 19.7 Å². The van der Waals surface area contributed by atoms with E-state index in [1.165, 1.54) is 0 Å². The normalized spacial score (nSPS) is 10.4. The smallest absolute Gasteiger partial charge is 0.305 e. The van der Waals surface area contributed by atoms with E-state index in [2.05, 4.69) is 10.6 Å². The van der Waals surface area contributed by atoms with Crippen molar-refractivity contribution in [1.29, 1.82) is 0 Å². The van der Waals surface area contributed by atoms with Gasteiger partial charge in [0.2, 0.25) is 0 Å². The number of ether oxygens (including phenoxy) is 2. The molecule has 4 N–H and O–H groups in total. The number of rotatable bonds is 14. The maximum absolute atomic E-state index is 11.3. The monoisotopic (exact) mass is 306 g/mol. The van der Waals surface area contributed by atoms with Crippen molar-refractivity contribution in [3.63, 3.8) is 0 Å². The Kier molecular flexibility index (Phi) is 14.3. The van der Waals surface area contributed by atoms with Crippen LogP contribution in [0.15, 0.2) is 0 Å². The molecule has 0 aromatic carbocycles. The molecule has 0 saturated heterocycles. The molecule has 0 bridgehead atoms. The SMILES string of the molecule is O=C(CCCC(=O)OCCNCCO)OCCNCCO. The molecule has 8 heteroatoms. The lowest BCUT2D eigenvalue weighted by atomic mass is 10.2. The minimum Gasteiger partial charge on any atom is -0.464 e. The molecule has 21 heavy (non-hydrogen) atoms. The van der Waals surface area contributed by atoms with Crippen LogP contribution >= 0.6 is 0 Å². The minimum absolute atomic E-state index is 0.0472. The highest BCUT2D eigenvalue weighted by atomic mass is 16.5. The number of hydrogen-bond donors (Lipinski definition) is 4. The van der Waals surface area contributed by atoms with Gasteiger partial charge in [-0.25, -0.2) is 0 Å². The van der Waals surface area contributed by atoms with Crippen LogP contribution in [0.3, 0.4) is 0 Å². The van der Waals surface area contributed by atoms with Gasteiger partial charge in [-0.15, -0.1) is 0 Å². The molecule has 8 nitrogen and oxygen atoms in total. The van der Waals surface area contributed by atoms with Crippen molar-refractivity contribution in [2.24, 2.45) is 0 Å². The van der Waals surface area contributed by atoms with Crippen LogP contribution in [0.25, 0.3) is 0 Å². The summed E-state index contributed by atoms with van der Waals surface area (Å²) in [6, 6.07) is 0. The molecule has 0 unspecified atom stereocenters. The summed E-state index contributed by atoms with van der Waals surface area (Å²) >= 11 is 0. The Bertz CT molecular complexity index is 249. The Morgan fingerprint density at radius 1 is 0.762 bits per heavy atom. The molecular weight excluding hydrogens is 280 g/mol. The molecule has 0 saturated carbocycles. The molecule has 0 aromatic rings. The molecule has 0 radical (unpaired) electrons. The highest BCUT2D eigenvalue weighted by Gasteiger charge is 2.07. The van der Waals surface area contributed by atoms with Crippen molar-refractivity contribution in [2.45, 2.75) is 19.3 Å². The van der Waals surface area contributed by atoms with Crippen molar-refractivity contribution in [3.05, 3.63) is 0 Å². The van der Waals surface area contributed by atoms with Crippen LogP contribution in [0.1, 0.15) is 19.3 Å². The first-order valence-electron chi connectivity index (χ1n) is 7.15. The Balaban J connectivity index is 3.34. The zero-order valence-electron chi connectivity index (χ0n) is 12.3. The first-order valence-corrected chi connectivity index (χ1v) is 7.15. The highest BCUT2D eigenvalue weighted by Crippen LogP contribution is 1.99. The van der Waals surface area contributed by atoms with Gasteiger partial charge >= 0.3 is 11.9 Å². The maximum Gasteiger partial charge on any atom is 0.305 e. The number of nitrogens with one attached hydrogen (secondary N) is 2. The maximum atomic E-state index is 11.3. The second-order valence-corrected chi connectivity index (χ2v) is 4.24. The van der Waals surface area contributed by atoms with Crippen LogP contribution in [0, 0.1) is 0 Å². The Morgan fingerprint density at radius 3 is 1.57 bits per heavy atom. The second kappa shape index (κ2) is 15.2. The zero-order valence-corrected chi connectivity index (χ0v) is 12.3. The molecule has 0 fully saturated rings. The third-order valence-corrected chi connectivity index (χ3v) is 2.42. The number of esters is 2. The van der Waals surface area contributed by atoms with Gasteiger partial charge in [0.15, 0.2) is 0 Å². The van der Waals surface area contributed by atoms with Crippen LogP contribution in [-0.2, 0) is 19.1 Å². The summed E-state index contributed by atoms with van der Waals surface area (Å²) in [4.78, 5) is 22.6. The van der Waals surface area contributed by atoms with Gasteiger partial charge in [-0.1, -0.05) is 0 Å². The predicted octanol–water partition coefficient (Wildman–Crippen LogP) is -1.59. The molecule has 0 rings (SSSR count). The number of hydrogen-bond acceptors (Lipinski definition) is 8. The van der Waals surface area contributed by atoms with Gasteiger partial charge in [0.05, 0.1) is 13.2 Å². The molecule has 0 aliphatic heterocycles. The number of aliphatic hydroxyl groups excluding tert-OH is 2. The zero-order chi connectivity index (χ0) is 15.8. The standard InChI is InChI=1S/C13H26N2O6/c16-8-4-14-6-10-20-12(18)2-1-3-13(19)21-11-7-15-5-9-17/h14-17H,1-11H2. The van der Waals surface area contributed by atoms with E-state index in [0.717, 1.165) is 0 Å². The topological polar surface area (TPSA) is 117 Å². The summed E-state index contributed by atoms with van der Waals surface area (Å²) in [5.41, 5.74) is 0. The lowest BCUT2D eigenvalue weighted by Crippen LogP contribution is -2.24. The first-order chi connectivity index (χ1) is 10.2. The average Bonchev–Trinajstić information content (AvgIpc) is 2.47. The molecule has 0 spiro atoms. The van der Waals surface area contributed by atoms with Gasteiger partial charge in [-0.2, -0.15) is 0 Å². The van der Waals surface area contributed by atoms with E-state index in [9.17, 15) is 9.59 Å². The molecule has 0 heterocycles. The Hall–Kier alpha value is -1.22. The predicted molar refractivity (Wildman–Crippen MR) is 75.7 cm³/mol. The van der Waals surface area contributed by atoms with E-state index in [1.807, 2.05) is 0 Å². The highest BCUT2D eigenvalue weighted by molar-refractivity contribution is 5.72. The van der Waals surface area contributed by atoms with Crippen molar-refractivity contribution >= 4 is 11.9 Å². The molecule has 0 aliphatic carbocycles. The van der Waals surface area contributed by atoms with Crippen LogP contribution in [0.4, 0.5) is 0 Å². The molecule has 0 amide bonds. The van der Waals surface area contributed by atoms with Gasteiger partial charge in [0.25, 0.3) is 0 Å². The average molecular weight is 306 g/mol. The lowest BCUT2D eigenvalue weighted by Gasteiger charge is -2.06. The van der Waals surface area contributed by atoms with Crippen LogP contribution in [-0.4, -0.2) is 74.8 Å². The lowest BCUT2D eigenvalue weighted by molar-refractivity contribution is -0.145. The Labute approximate surface area is 124 Å². The van der Waals surface area contributed by atoms with Gasteiger partial charge in [-0.05, 0) is 6.42 Å². The van der Waals surface area contributed by atoms with Gasteiger partial charge in [0, 0.05) is 39.0 Å². The fourth-order valence-corrected chi connectivity index (χ4v) is 1.40. The molecule has 0 aromatic heterocycles. The third kappa shape index (κ3) is 15.0. The van der Waals surface area contributed by atoms with E-state index in [0.29, 0.717) is 32.6 Å². The van der Waals surface area contributed by atoms with Crippen molar-refractivity contribution in [3.8, 4) is 0 Å². The van der Waals surface area contributed by atoms with Crippen molar-refractivity contribution in [1.82, 2.24) is 10.6 Å². The summed E-state index contributed by atoms with van der Waals surface area (Å²) in [6.45, 7) is 2.52. The summed E-state index contributed by atoms with van der Waals surface area (Å²) in [5, 5.41) is 22.8. The van der Waals surface area contributed by atoms with E-state index < -0.39 is 0 Å². The van der Waals surface area contributed by atoms with Crippen LogP contribution in [0.5, 0.6) is 0 Å². The van der Waals surface area contributed by atoms with Gasteiger partial charge in [0.1, 0.15) is 13.2 Å². The quantitative estimate of drug-likeness (QED) is 0.224. The minimum atomic E-state index is -0.349. The molecular formula is C13H26N2O6. The molecule has 0 aliphatic rings. The van der Waals surface area contributed by atoms with Crippen LogP contribution < -0.4 is 10.6 Å². The van der Waals surface area contributed by atoms with Gasteiger partial charge < -0.3 is 30.3 Å². The number of carbonyl (C=O) groups is 2. The third-order valence-electron chi connectivity index (χ3n) is 2.42. The van der Waals surface area contributed by atoms with Crippen molar-refractivity contribution in [2.75, 3.05) is 52.6 Å². The van der Waals surface area contributed by atoms with Crippen molar-refractivity contribution < 1.29 is 29.3 Å². The number of carbonyl (C=O) groups excluding carboxylic acids is 2. The van der Waals surface area contributed by atoms with Gasteiger partial charge in [-0.3, -0.25) is 9.59 Å². The first kappa shape index (κ1) is 19.8. The molecule has 124 valence electrons. The molecule has 0 atom stereocenters. The summed E-state index contributed by atoms with van der Waals surface area (Å²) in [7, 11) is 0. The Morgan fingerprint density at radius 2 is 1.19 bits per heavy atom. The summed E-state index contributed by atoms with van der Waals surface area (Å²) < 4.78 is 9.85. The second-order valence-electron chi connectivity index (χ2n) is 4.24. The summed E-state index contributed by atoms with van der Waals surface area (Å²) in [5.74, 6) is -0.698. The largest absolute Gasteiger partial charge is 0.464 e. The number of aliphatic hydroxyl groups is 2. The fraction of sp³-hybridized carbons (Fsp3) is 0.846. The fourth-order valence-electron chi connectivity index (χ4n) is 1.40.